The van der Waals surface area contributed by atoms with E-state index in [9.17, 15) is 8.78 Å². The molecule has 0 bridgehead atoms. The molecule has 0 radical (unpaired) electrons. The molecule has 2 aromatic rings. The molecule has 0 saturated carbocycles. The summed E-state index contributed by atoms with van der Waals surface area (Å²) in [5.41, 5.74) is 2.34. The van der Waals surface area contributed by atoms with Gasteiger partial charge in [0.05, 0.1) is 17.0 Å². The Kier molecular flexibility index (Phi) is 5.21. The van der Waals surface area contributed by atoms with Crippen LogP contribution in [0.3, 0.4) is 0 Å². The van der Waals surface area contributed by atoms with Gasteiger partial charge in [0.2, 0.25) is 0 Å². The quantitative estimate of drug-likeness (QED) is 0.788. The number of aromatic nitrogens is 2. The molecule has 1 aromatic heterocycles. The van der Waals surface area contributed by atoms with E-state index in [1.165, 1.54) is 31.0 Å². The summed E-state index contributed by atoms with van der Waals surface area (Å²) < 4.78 is 28.6. The van der Waals surface area contributed by atoms with Crippen LogP contribution in [0.1, 0.15) is 63.6 Å². The highest BCUT2D eigenvalue weighted by Gasteiger charge is 2.48. The summed E-state index contributed by atoms with van der Waals surface area (Å²) in [6.07, 6.45) is 4.51. The van der Waals surface area contributed by atoms with Crippen molar-refractivity contribution < 1.29 is 8.78 Å². The summed E-state index contributed by atoms with van der Waals surface area (Å²) in [6, 6.07) is 5.81. The summed E-state index contributed by atoms with van der Waals surface area (Å²) in [4.78, 5) is 0. The first-order valence-electron chi connectivity index (χ1n) is 10.5. The SMILES string of the molecule is CC(C)[C@]1([C@H]2CCCNC2)CC[C@H](C)c2cc(-c3c(F)cccc3F)nnc21. The molecule has 5 heteroatoms. The lowest BCUT2D eigenvalue weighted by molar-refractivity contribution is 0.122. The van der Waals surface area contributed by atoms with Gasteiger partial charge in [0, 0.05) is 5.41 Å². The van der Waals surface area contributed by atoms with Crippen molar-refractivity contribution in [3.05, 3.63) is 47.2 Å². The molecule has 1 aromatic carbocycles. The lowest BCUT2D eigenvalue weighted by atomic mass is 9.56. The third-order valence-electron chi connectivity index (χ3n) is 7.06. The van der Waals surface area contributed by atoms with E-state index in [0.29, 0.717) is 23.4 Å². The van der Waals surface area contributed by atoms with E-state index in [0.717, 1.165) is 37.2 Å². The molecule has 0 unspecified atom stereocenters. The van der Waals surface area contributed by atoms with E-state index in [1.54, 1.807) is 0 Å². The largest absolute Gasteiger partial charge is 0.316 e. The van der Waals surface area contributed by atoms with Gasteiger partial charge >= 0.3 is 0 Å². The maximum absolute atomic E-state index is 14.3. The van der Waals surface area contributed by atoms with Gasteiger partial charge in [0.1, 0.15) is 11.6 Å². The Morgan fingerprint density at radius 2 is 1.89 bits per heavy atom. The zero-order valence-electron chi connectivity index (χ0n) is 16.9. The predicted molar refractivity (Wildman–Crippen MR) is 107 cm³/mol. The lowest BCUT2D eigenvalue weighted by Gasteiger charge is -2.49. The number of hydrogen-bond acceptors (Lipinski definition) is 3. The molecule has 28 heavy (non-hydrogen) atoms. The molecule has 1 aliphatic heterocycles. The number of fused-ring (bicyclic) bond motifs is 1. The Bertz CT molecular complexity index is 841. The smallest absolute Gasteiger partial charge is 0.135 e. The Morgan fingerprint density at radius 1 is 1.14 bits per heavy atom. The number of nitrogens with zero attached hydrogens (tertiary/aromatic N) is 2. The first kappa shape index (κ1) is 19.4. The first-order valence-corrected chi connectivity index (χ1v) is 10.5. The van der Waals surface area contributed by atoms with Crippen LogP contribution in [0.5, 0.6) is 0 Å². The molecular weight excluding hydrogens is 356 g/mol. The van der Waals surface area contributed by atoms with Crippen LogP contribution in [0.2, 0.25) is 0 Å². The van der Waals surface area contributed by atoms with Crippen LogP contribution in [-0.2, 0) is 5.41 Å². The normalized spacial score (nSPS) is 27.6. The van der Waals surface area contributed by atoms with Crippen molar-refractivity contribution >= 4 is 0 Å². The highest BCUT2D eigenvalue weighted by Crippen LogP contribution is 2.52. The van der Waals surface area contributed by atoms with Gasteiger partial charge in [-0.3, -0.25) is 0 Å². The van der Waals surface area contributed by atoms with Crippen LogP contribution >= 0.6 is 0 Å². The van der Waals surface area contributed by atoms with Crippen molar-refractivity contribution in [2.45, 2.75) is 57.8 Å². The summed E-state index contributed by atoms with van der Waals surface area (Å²) in [5.74, 6) is 0.0583. The zero-order valence-corrected chi connectivity index (χ0v) is 16.9. The average molecular weight is 386 g/mol. The minimum absolute atomic E-state index is 0.0332. The zero-order chi connectivity index (χ0) is 19.9. The van der Waals surface area contributed by atoms with Crippen LogP contribution in [0, 0.1) is 23.5 Å². The van der Waals surface area contributed by atoms with Crippen LogP contribution < -0.4 is 5.32 Å². The third kappa shape index (κ3) is 3.04. The Morgan fingerprint density at radius 3 is 2.54 bits per heavy atom. The fourth-order valence-electron chi connectivity index (χ4n) is 5.46. The number of benzene rings is 1. The van der Waals surface area contributed by atoms with Crippen LogP contribution in [-0.4, -0.2) is 23.3 Å². The van der Waals surface area contributed by atoms with Crippen LogP contribution in [0.15, 0.2) is 24.3 Å². The summed E-state index contributed by atoms with van der Waals surface area (Å²) in [7, 11) is 0. The summed E-state index contributed by atoms with van der Waals surface area (Å²) in [6.45, 7) is 8.81. The van der Waals surface area contributed by atoms with Crippen LogP contribution in [0.4, 0.5) is 8.78 Å². The van der Waals surface area contributed by atoms with Crippen molar-refractivity contribution in [1.29, 1.82) is 0 Å². The average Bonchev–Trinajstić information content (AvgIpc) is 2.69. The van der Waals surface area contributed by atoms with Gasteiger partial charge in [0.25, 0.3) is 0 Å². The minimum atomic E-state index is -0.593. The second-order valence-electron chi connectivity index (χ2n) is 8.81. The maximum atomic E-state index is 14.3. The number of piperidine rings is 1. The first-order chi connectivity index (χ1) is 13.4. The minimum Gasteiger partial charge on any atom is -0.316 e. The monoisotopic (exact) mass is 385 g/mol. The molecule has 1 saturated heterocycles. The topological polar surface area (TPSA) is 37.8 Å². The third-order valence-corrected chi connectivity index (χ3v) is 7.06. The molecule has 1 N–H and O–H groups in total. The molecular formula is C23H29F2N3. The molecule has 3 atom stereocenters. The number of rotatable bonds is 3. The fourth-order valence-corrected chi connectivity index (χ4v) is 5.46. The van der Waals surface area contributed by atoms with Gasteiger partial charge < -0.3 is 5.32 Å². The van der Waals surface area contributed by atoms with E-state index in [4.69, 9.17) is 0 Å². The van der Waals surface area contributed by atoms with E-state index < -0.39 is 11.6 Å². The van der Waals surface area contributed by atoms with Gasteiger partial charge in [-0.1, -0.05) is 26.8 Å². The molecule has 3 nitrogen and oxygen atoms in total. The van der Waals surface area contributed by atoms with Gasteiger partial charge in [-0.25, -0.2) is 8.78 Å². The van der Waals surface area contributed by atoms with E-state index >= 15 is 0 Å². The lowest BCUT2D eigenvalue weighted by Crippen LogP contribution is -2.50. The molecule has 2 aliphatic rings. The van der Waals surface area contributed by atoms with Crippen LogP contribution in [0.25, 0.3) is 11.3 Å². The van der Waals surface area contributed by atoms with Gasteiger partial charge in [-0.2, -0.15) is 10.2 Å². The Balaban J connectivity index is 1.86. The van der Waals surface area contributed by atoms with Crippen molar-refractivity contribution in [3.63, 3.8) is 0 Å². The molecule has 4 rings (SSSR count). The molecule has 2 heterocycles. The van der Waals surface area contributed by atoms with E-state index in [1.807, 2.05) is 6.07 Å². The molecule has 1 fully saturated rings. The van der Waals surface area contributed by atoms with Crippen molar-refractivity contribution in [3.8, 4) is 11.3 Å². The van der Waals surface area contributed by atoms with Crippen molar-refractivity contribution in [2.24, 2.45) is 11.8 Å². The standard InChI is InChI=1S/C23H29F2N3/c1-14(2)23(16-6-5-11-26-13-16)10-9-15(3)17-12-20(27-28-22(17)23)21-18(24)7-4-8-19(21)25/h4,7-8,12,14-16,26H,5-6,9-11,13H2,1-3H3/t15-,16-,23-/m0/s1. The fraction of sp³-hybridized carbons (Fsp3) is 0.565. The second kappa shape index (κ2) is 7.51. The predicted octanol–water partition coefficient (Wildman–Crippen LogP) is 5.21. The van der Waals surface area contributed by atoms with Gasteiger partial charge in [-0.05, 0) is 80.3 Å². The van der Waals surface area contributed by atoms with E-state index in [2.05, 4.69) is 36.3 Å². The Labute approximate surface area is 166 Å². The van der Waals surface area contributed by atoms with Crippen molar-refractivity contribution in [1.82, 2.24) is 15.5 Å². The highest BCUT2D eigenvalue weighted by molar-refractivity contribution is 5.62. The van der Waals surface area contributed by atoms with E-state index in [-0.39, 0.29) is 11.0 Å². The number of nitrogens with one attached hydrogen (secondary N) is 1. The highest BCUT2D eigenvalue weighted by atomic mass is 19.1. The molecule has 150 valence electrons. The second-order valence-corrected chi connectivity index (χ2v) is 8.81. The van der Waals surface area contributed by atoms with Crippen molar-refractivity contribution in [2.75, 3.05) is 13.1 Å². The maximum Gasteiger partial charge on any atom is 0.135 e. The molecule has 1 aliphatic carbocycles. The number of hydrogen-bond donors (Lipinski definition) is 1. The molecule has 0 spiro atoms. The number of halogens is 2. The summed E-state index contributed by atoms with van der Waals surface area (Å²) in [5, 5.41) is 12.6. The summed E-state index contributed by atoms with van der Waals surface area (Å²) >= 11 is 0. The Hall–Kier alpha value is -1.88. The van der Waals surface area contributed by atoms with Gasteiger partial charge in [0.15, 0.2) is 0 Å². The molecule has 0 amide bonds. The van der Waals surface area contributed by atoms with Gasteiger partial charge in [-0.15, -0.1) is 0 Å².